The summed E-state index contributed by atoms with van der Waals surface area (Å²) in [5.74, 6) is 0.907. The van der Waals surface area contributed by atoms with Crippen molar-refractivity contribution in [1.82, 2.24) is 0 Å². The molecule has 1 rings (SSSR count). The third-order valence-electron chi connectivity index (χ3n) is 2.42. The monoisotopic (exact) mass is 194 g/mol. The minimum absolute atomic E-state index is 0.182. The smallest absolute Gasteiger partial charge is 0.122 e. The Kier molecular flexibility index (Phi) is 3.04. The Balaban J connectivity index is 3.27. The van der Waals surface area contributed by atoms with Crippen LogP contribution in [0.4, 0.5) is 0 Å². The predicted octanol–water partition coefficient (Wildman–Crippen LogP) is 3.34. The average molecular weight is 194 g/mol. The van der Waals surface area contributed by atoms with Crippen molar-refractivity contribution in [2.45, 2.75) is 39.5 Å². The number of phenolic OH excluding ortho intramolecular Hbond substituents is 2. The number of rotatable bonds is 2. The van der Waals surface area contributed by atoms with Gasteiger partial charge in [-0.3, -0.25) is 0 Å². The van der Waals surface area contributed by atoms with Crippen LogP contribution in [0.2, 0.25) is 0 Å². The van der Waals surface area contributed by atoms with E-state index in [1.54, 1.807) is 0 Å². The highest BCUT2D eigenvalue weighted by Crippen LogP contribution is 2.35. The summed E-state index contributed by atoms with van der Waals surface area (Å²) in [7, 11) is 0. The molecule has 1 aromatic carbocycles. The van der Waals surface area contributed by atoms with Gasteiger partial charge in [0.2, 0.25) is 0 Å². The number of benzene rings is 1. The number of phenols is 2. The molecule has 0 unspecified atom stereocenters. The zero-order valence-electron chi connectivity index (χ0n) is 9.20. The fraction of sp³-hybridized carbons (Fsp3) is 0.500. The van der Waals surface area contributed by atoms with Crippen LogP contribution in [-0.4, -0.2) is 10.2 Å². The highest BCUT2D eigenvalue weighted by Gasteiger charge is 2.13. The molecular formula is C12H18O2. The van der Waals surface area contributed by atoms with Crippen LogP contribution in [-0.2, 0) is 0 Å². The van der Waals surface area contributed by atoms with Crippen molar-refractivity contribution in [2.75, 3.05) is 0 Å². The average Bonchev–Trinajstić information content (AvgIpc) is 2.02. The Morgan fingerprint density at radius 3 is 1.43 bits per heavy atom. The summed E-state index contributed by atoms with van der Waals surface area (Å²) < 4.78 is 0. The molecule has 1 aromatic rings. The maximum absolute atomic E-state index is 9.61. The van der Waals surface area contributed by atoms with Crippen molar-refractivity contribution >= 4 is 0 Å². The predicted molar refractivity (Wildman–Crippen MR) is 57.9 cm³/mol. The molecule has 0 atom stereocenters. The normalized spacial score (nSPS) is 11.3. The molecule has 14 heavy (non-hydrogen) atoms. The molecule has 2 N–H and O–H groups in total. The standard InChI is InChI=1S/C12H18O2/c1-7(2)9-5-10(8(3)4)12(14)6-11(9)13/h5-8,13-14H,1-4H3. The van der Waals surface area contributed by atoms with Gasteiger partial charge in [0.05, 0.1) is 0 Å². The molecule has 0 heterocycles. The van der Waals surface area contributed by atoms with Gasteiger partial charge < -0.3 is 10.2 Å². The molecule has 0 aromatic heterocycles. The van der Waals surface area contributed by atoms with E-state index >= 15 is 0 Å². The van der Waals surface area contributed by atoms with E-state index in [0.717, 1.165) is 11.1 Å². The van der Waals surface area contributed by atoms with Crippen molar-refractivity contribution in [3.63, 3.8) is 0 Å². The Morgan fingerprint density at radius 1 is 0.786 bits per heavy atom. The SMILES string of the molecule is CC(C)c1cc(C(C)C)c(O)cc1O. The van der Waals surface area contributed by atoms with Crippen LogP contribution < -0.4 is 0 Å². The lowest BCUT2D eigenvalue weighted by molar-refractivity contribution is 0.438. The van der Waals surface area contributed by atoms with E-state index in [1.807, 2.05) is 33.8 Å². The lowest BCUT2D eigenvalue weighted by atomic mass is 9.94. The van der Waals surface area contributed by atoms with Gasteiger partial charge in [0.25, 0.3) is 0 Å². The van der Waals surface area contributed by atoms with Gasteiger partial charge >= 0.3 is 0 Å². The van der Waals surface area contributed by atoms with Crippen molar-refractivity contribution in [3.8, 4) is 11.5 Å². The lowest BCUT2D eigenvalue weighted by Crippen LogP contribution is -1.94. The second kappa shape index (κ2) is 3.91. The fourth-order valence-corrected chi connectivity index (χ4v) is 1.54. The lowest BCUT2D eigenvalue weighted by Gasteiger charge is -2.14. The van der Waals surface area contributed by atoms with Crippen molar-refractivity contribution in [1.29, 1.82) is 0 Å². The fourth-order valence-electron chi connectivity index (χ4n) is 1.54. The van der Waals surface area contributed by atoms with E-state index in [9.17, 15) is 10.2 Å². The summed E-state index contributed by atoms with van der Waals surface area (Å²) in [6.45, 7) is 8.10. The Morgan fingerprint density at radius 2 is 1.14 bits per heavy atom. The second-order valence-electron chi connectivity index (χ2n) is 4.28. The number of hydrogen-bond acceptors (Lipinski definition) is 2. The molecule has 2 heteroatoms. The van der Waals surface area contributed by atoms with Crippen LogP contribution in [0, 0.1) is 0 Å². The van der Waals surface area contributed by atoms with Gasteiger partial charge in [-0.05, 0) is 29.0 Å². The van der Waals surface area contributed by atoms with Crippen molar-refractivity contribution in [3.05, 3.63) is 23.3 Å². The molecule has 0 spiro atoms. The maximum Gasteiger partial charge on any atom is 0.122 e. The zero-order chi connectivity index (χ0) is 10.9. The van der Waals surface area contributed by atoms with E-state index < -0.39 is 0 Å². The molecule has 0 bridgehead atoms. The van der Waals surface area contributed by atoms with Gasteiger partial charge in [-0.15, -0.1) is 0 Å². The highest BCUT2D eigenvalue weighted by molar-refractivity contribution is 5.47. The maximum atomic E-state index is 9.61. The van der Waals surface area contributed by atoms with E-state index in [4.69, 9.17) is 0 Å². The summed E-state index contributed by atoms with van der Waals surface area (Å²) in [6, 6.07) is 3.32. The van der Waals surface area contributed by atoms with E-state index in [1.165, 1.54) is 6.07 Å². The quantitative estimate of drug-likeness (QED) is 0.758. The molecular weight excluding hydrogens is 176 g/mol. The first-order chi connectivity index (χ1) is 6.43. The first-order valence-electron chi connectivity index (χ1n) is 4.99. The Labute approximate surface area is 85.2 Å². The van der Waals surface area contributed by atoms with Crippen LogP contribution >= 0.6 is 0 Å². The van der Waals surface area contributed by atoms with Gasteiger partial charge in [-0.1, -0.05) is 27.7 Å². The van der Waals surface area contributed by atoms with E-state index in [2.05, 4.69) is 0 Å². The van der Waals surface area contributed by atoms with Gasteiger partial charge in [0, 0.05) is 6.07 Å². The minimum atomic E-state index is 0.182. The van der Waals surface area contributed by atoms with Crippen LogP contribution in [0.25, 0.3) is 0 Å². The van der Waals surface area contributed by atoms with E-state index in [-0.39, 0.29) is 23.3 Å². The van der Waals surface area contributed by atoms with Crippen LogP contribution in [0.1, 0.15) is 50.7 Å². The molecule has 0 radical (unpaired) electrons. The van der Waals surface area contributed by atoms with Crippen LogP contribution in [0.15, 0.2) is 12.1 Å². The van der Waals surface area contributed by atoms with Crippen molar-refractivity contribution < 1.29 is 10.2 Å². The number of aromatic hydroxyl groups is 2. The van der Waals surface area contributed by atoms with Gasteiger partial charge in [-0.2, -0.15) is 0 Å². The summed E-state index contributed by atoms with van der Waals surface area (Å²) in [6.07, 6.45) is 0. The molecule has 0 fully saturated rings. The molecule has 0 aliphatic rings. The first kappa shape index (κ1) is 10.9. The van der Waals surface area contributed by atoms with Gasteiger partial charge in [-0.25, -0.2) is 0 Å². The Bertz CT molecular complexity index is 298. The molecule has 2 nitrogen and oxygen atoms in total. The van der Waals surface area contributed by atoms with Crippen LogP contribution in [0.5, 0.6) is 11.5 Å². The zero-order valence-corrected chi connectivity index (χ0v) is 9.20. The largest absolute Gasteiger partial charge is 0.508 e. The van der Waals surface area contributed by atoms with Crippen molar-refractivity contribution in [2.24, 2.45) is 0 Å². The molecule has 0 saturated heterocycles. The van der Waals surface area contributed by atoms with Crippen LogP contribution in [0.3, 0.4) is 0 Å². The highest BCUT2D eigenvalue weighted by atomic mass is 16.3. The molecule has 0 aliphatic heterocycles. The topological polar surface area (TPSA) is 40.5 Å². The summed E-state index contributed by atoms with van der Waals surface area (Å²) >= 11 is 0. The summed E-state index contributed by atoms with van der Waals surface area (Å²) in [4.78, 5) is 0. The first-order valence-corrected chi connectivity index (χ1v) is 4.99. The van der Waals surface area contributed by atoms with E-state index in [0.29, 0.717) is 0 Å². The third kappa shape index (κ3) is 2.00. The Hall–Kier alpha value is -1.18. The minimum Gasteiger partial charge on any atom is -0.508 e. The third-order valence-corrected chi connectivity index (χ3v) is 2.42. The number of hydrogen-bond donors (Lipinski definition) is 2. The van der Waals surface area contributed by atoms with Gasteiger partial charge in [0.1, 0.15) is 11.5 Å². The molecule has 0 saturated carbocycles. The summed E-state index contributed by atoms with van der Waals surface area (Å²) in [5, 5.41) is 19.2. The second-order valence-corrected chi connectivity index (χ2v) is 4.28. The van der Waals surface area contributed by atoms with Gasteiger partial charge in [0.15, 0.2) is 0 Å². The summed E-state index contributed by atoms with van der Waals surface area (Å²) in [5.41, 5.74) is 1.79. The molecule has 0 aliphatic carbocycles. The molecule has 0 amide bonds. The molecule has 78 valence electrons.